The lowest BCUT2D eigenvalue weighted by Gasteiger charge is -2.25. The number of ether oxygens (including phenoxy) is 2. The van der Waals surface area contributed by atoms with E-state index >= 15 is 0 Å². The third-order valence-electron chi connectivity index (χ3n) is 7.00. The molecule has 1 atom stereocenters. The van der Waals surface area contributed by atoms with E-state index in [-0.39, 0.29) is 12.2 Å². The number of nitrogens with zero attached hydrogens (tertiary/aromatic N) is 2. The zero-order valence-corrected chi connectivity index (χ0v) is 23.8. The van der Waals surface area contributed by atoms with Crippen molar-refractivity contribution in [3.8, 4) is 5.75 Å². The first-order valence-electron chi connectivity index (χ1n) is 13.6. The maximum atomic E-state index is 13.9. The van der Waals surface area contributed by atoms with Gasteiger partial charge in [0.2, 0.25) is 0 Å². The van der Waals surface area contributed by atoms with Gasteiger partial charge in [0, 0.05) is 0 Å². The highest BCUT2D eigenvalue weighted by Crippen LogP contribution is 2.32. The maximum Gasteiger partial charge on any atom is 0.338 e. The van der Waals surface area contributed by atoms with Crippen molar-refractivity contribution in [2.75, 3.05) is 0 Å². The molecule has 0 radical (unpaired) electrons. The number of aromatic nitrogens is 1. The predicted octanol–water partition coefficient (Wildman–Crippen LogP) is 5.56. The molecule has 6 nitrogen and oxygen atoms in total. The van der Waals surface area contributed by atoms with Gasteiger partial charge in [-0.3, -0.25) is 9.36 Å². The van der Waals surface area contributed by atoms with E-state index in [0.29, 0.717) is 33.0 Å². The molecule has 0 bridgehead atoms. The lowest BCUT2D eigenvalue weighted by Crippen LogP contribution is -2.39. The Hall–Kier alpha value is -5.01. The molecule has 1 aromatic heterocycles. The highest BCUT2D eigenvalue weighted by atomic mass is 32.1. The second-order valence-electron chi connectivity index (χ2n) is 9.90. The van der Waals surface area contributed by atoms with Gasteiger partial charge in [0.15, 0.2) is 4.80 Å². The Balaban J connectivity index is 1.37. The molecule has 0 amide bonds. The molecule has 0 unspecified atom stereocenters. The number of fused-ring (bicyclic) bond motifs is 1. The van der Waals surface area contributed by atoms with E-state index in [4.69, 9.17) is 14.5 Å². The predicted molar refractivity (Wildman–Crippen MR) is 164 cm³/mol. The lowest BCUT2D eigenvalue weighted by molar-refractivity contribution is -0.140. The first kappa shape index (κ1) is 27.2. The van der Waals surface area contributed by atoms with E-state index in [2.05, 4.69) is 0 Å². The number of benzene rings is 4. The van der Waals surface area contributed by atoms with E-state index in [0.717, 1.165) is 22.3 Å². The smallest absolute Gasteiger partial charge is 0.338 e. The molecule has 0 fully saturated rings. The number of hydrogen-bond donors (Lipinski definition) is 0. The Bertz CT molecular complexity index is 1910. The summed E-state index contributed by atoms with van der Waals surface area (Å²) in [5.74, 6) is 0.180. The molecule has 7 heteroatoms. The number of allylic oxidation sites excluding steroid dienone is 1. The van der Waals surface area contributed by atoms with Gasteiger partial charge in [-0.1, -0.05) is 114 Å². The van der Waals surface area contributed by atoms with Crippen molar-refractivity contribution < 1.29 is 14.3 Å². The molecule has 2 heterocycles. The third-order valence-corrected chi connectivity index (χ3v) is 7.98. The monoisotopic (exact) mass is 572 g/mol. The summed E-state index contributed by atoms with van der Waals surface area (Å²) in [6.07, 6.45) is 1.86. The van der Waals surface area contributed by atoms with Crippen molar-refractivity contribution in [3.05, 3.63) is 168 Å². The topological polar surface area (TPSA) is 69.9 Å². The molecule has 1 aliphatic heterocycles. The Morgan fingerprint density at radius 3 is 2.07 bits per heavy atom. The van der Waals surface area contributed by atoms with Crippen LogP contribution in [0.4, 0.5) is 0 Å². The summed E-state index contributed by atoms with van der Waals surface area (Å²) in [7, 11) is 0. The van der Waals surface area contributed by atoms with Crippen LogP contribution in [0, 0.1) is 0 Å². The van der Waals surface area contributed by atoms with E-state index in [9.17, 15) is 9.59 Å². The molecule has 0 spiro atoms. The van der Waals surface area contributed by atoms with Gasteiger partial charge in [-0.05, 0) is 47.4 Å². The standard InChI is InChI=1S/C35H28N2O4S/c1-24-31(34(39)41-23-27-15-9-4-10-16-27)32(28-17-19-29(20-18-28)40-22-26-13-7-3-8-14-26)37-33(38)30(42-35(37)36-24)21-25-11-5-2-6-12-25/h2-21,32H,22-23H2,1H3/b30-21+/t32-/m1/s1. The van der Waals surface area contributed by atoms with E-state index < -0.39 is 12.0 Å². The average molecular weight is 573 g/mol. The van der Waals surface area contributed by atoms with Crippen molar-refractivity contribution in [2.24, 2.45) is 4.99 Å². The van der Waals surface area contributed by atoms with E-state index in [1.807, 2.05) is 121 Å². The summed E-state index contributed by atoms with van der Waals surface area (Å²) in [6, 6.07) is 35.9. The van der Waals surface area contributed by atoms with Crippen LogP contribution >= 0.6 is 11.3 Å². The van der Waals surface area contributed by atoms with Gasteiger partial charge in [0.25, 0.3) is 5.56 Å². The Kier molecular flexibility index (Phi) is 7.92. The first-order valence-corrected chi connectivity index (χ1v) is 14.4. The van der Waals surface area contributed by atoms with Crippen LogP contribution in [0.1, 0.15) is 35.2 Å². The first-order chi connectivity index (χ1) is 20.6. The number of rotatable bonds is 8. The number of hydrogen-bond acceptors (Lipinski definition) is 6. The molecule has 5 aromatic rings. The van der Waals surface area contributed by atoms with Crippen LogP contribution in [0.3, 0.4) is 0 Å². The third kappa shape index (κ3) is 5.87. The van der Waals surface area contributed by atoms with Gasteiger partial charge in [-0.15, -0.1) is 0 Å². The van der Waals surface area contributed by atoms with Crippen molar-refractivity contribution >= 4 is 23.4 Å². The van der Waals surface area contributed by atoms with Crippen LogP contribution in [0.15, 0.2) is 136 Å². The van der Waals surface area contributed by atoms with Gasteiger partial charge in [-0.25, -0.2) is 9.79 Å². The summed E-state index contributed by atoms with van der Waals surface area (Å²) in [5.41, 5.74) is 4.26. The highest BCUT2D eigenvalue weighted by molar-refractivity contribution is 7.07. The molecule has 1 aliphatic rings. The second kappa shape index (κ2) is 12.2. The fourth-order valence-electron chi connectivity index (χ4n) is 4.89. The molecule has 0 saturated carbocycles. The molecular formula is C35H28N2O4S. The van der Waals surface area contributed by atoms with Gasteiger partial charge in [0.05, 0.1) is 21.8 Å². The van der Waals surface area contributed by atoms with Gasteiger partial charge >= 0.3 is 5.97 Å². The SMILES string of the molecule is CC1=C(C(=O)OCc2ccccc2)[C@@H](c2ccc(OCc3ccccc3)cc2)n2c(s/c(=C/c3ccccc3)c2=O)=N1. The van der Waals surface area contributed by atoms with Crippen LogP contribution in [-0.4, -0.2) is 10.5 Å². The number of carbonyl (C=O) groups is 1. The van der Waals surface area contributed by atoms with Crippen molar-refractivity contribution in [3.63, 3.8) is 0 Å². The van der Waals surface area contributed by atoms with Gasteiger partial charge in [0.1, 0.15) is 19.0 Å². The lowest BCUT2D eigenvalue weighted by atomic mass is 9.96. The van der Waals surface area contributed by atoms with Crippen LogP contribution in [0.2, 0.25) is 0 Å². The molecule has 0 N–H and O–H groups in total. The maximum absolute atomic E-state index is 13.9. The Morgan fingerprint density at radius 1 is 0.833 bits per heavy atom. The number of carbonyl (C=O) groups excluding carboxylic acids is 1. The summed E-state index contributed by atoms with van der Waals surface area (Å²) < 4.78 is 13.9. The summed E-state index contributed by atoms with van der Waals surface area (Å²) in [4.78, 5) is 32.7. The van der Waals surface area contributed by atoms with Crippen LogP contribution in [0.25, 0.3) is 6.08 Å². The molecule has 6 rings (SSSR count). The fourth-order valence-corrected chi connectivity index (χ4v) is 5.93. The molecule has 42 heavy (non-hydrogen) atoms. The molecule has 208 valence electrons. The highest BCUT2D eigenvalue weighted by Gasteiger charge is 2.33. The second-order valence-corrected chi connectivity index (χ2v) is 10.9. The van der Waals surface area contributed by atoms with Crippen molar-refractivity contribution in [1.29, 1.82) is 0 Å². The van der Waals surface area contributed by atoms with Crippen molar-refractivity contribution in [1.82, 2.24) is 4.57 Å². The van der Waals surface area contributed by atoms with Crippen LogP contribution in [0.5, 0.6) is 5.75 Å². The van der Waals surface area contributed by atoms with Crippen LogP contribution in [-0.2, 0) is 22.7 Å². The van der Waals surface area contributed by atoms with Crippen molar-refractivity contribution in [2.45, 2.75) is 26.2 Å². The van der Waals surface area contributed by atoms with Gasteiger partial charge < -0.3 is 9.47 Å². The summed E-state index contributed by atoms with van der Waals surface area (Å²) in [6.45, 7) is 2.34. The molecule has 0 aliphatic carbocycles. The quantitative estimate of drug-likeness (QED) is 0.229. The average Bonchev–Trinajstić information content (AvgIpc) is 3.33. The van der Waals surface area contributed by atoms with Gasteiger partial charge in [-0.2, -0.15) is 0 Å². The Morgan fingerprint density at radius 2 is 1.43 bits per heavy atom. The van der Waals surface area contributed by atoms with Crippen LogP contribution < -0.4 is 19.6 Å². The summed E-state index contributed by atoms with van der Waals surface area (Å²) >= 11 is 1.31. The fraction of sp³-hybridized carbons (Fsp3) is 0.114. The molecular weight excluding hydrogens is 544 g/mol. The number of thiazole rings is 1. The minimum atomic E-state index is -0.703. The summed E-state index contributed by atoms with van der Waals surface area (Å²) in [5, 5.41) is 0. The molecule has 4 aromatic carbocycles. The number of esters is 1. The van der Waals surface area contributed by atoms with E-state index in [1.54, 1.807) is 11.5 Å². The zero-order valence-electron chi connectivity index (χ0n) is 23.0. The normalized spacial score (nSPS) is 14.7. The van der Waals surface area contributed by atoms with E-state index in [1.165, 1.54) is 11.3 Å². The largest absolute Gasteiger partial charge is 0.489 e. The minimum Gasteiger partial charge on any atom is -0.489 e. The molecule has 0 saturated heterocycles. The zero-order chi connectivity index (χ0) is 28.9. The minimum absolute atomic E-state index is 0.119. The Labute approximate surface area is 247 Å².